The molecule has 70 valence electrons. The van der Waals surface area contributed by atoms with Crippen molar-refractivity contribution in [3.05, 3.63) is 11.6 Å². The quantitative estimate of drug-likeness (QED) is 0.551. The number of aliphatic hydroxyl groups excluding tert-OH is 1. The van der Waals surface area contributed by atoms with E-state index in [1.165, 1.54) is 18.4 Å². The van der Waals surface area contributed by atoms with Gasteiger partial charge in [-0.05, 0) is 24.7 Å². The van der Waals surface area contributed by atoms with Crippen LogP contribution >= 0.6 is 0 Å². The molecule has 1 unspecified atom stereocenters. The van der Waals surface area contributed by atoms with Gasteiger partial charge in [-0.1, -0.05) is 38.8 Å². The second kappa shape index (κ2) is 3.61. The van der Waals surface area contributed by atoms with Crippen LogP contribution in [-0.2, 0) is 0 Å². The van der Waals surface area contributed by atoms with E-state index in [-0.39, 0.29) is 11.5 Å². The average Bonchev–Trinajstić information content (AvgIpc) is 2.11. The molecule has 0 aliphatic heterocycles. The Bertz CT molecular complexity index is 174. The summed E-state index contributed by atoms with van der Waals surface area (Å²) in [6.45, 7) is 6.66. The maximum Gasteiger partial charge on any atom is 0.0723 e. The molecule has 1 rings (SSSR count). The third-order valence-corrected chi connectivity index (χ3v) is 2.55. The molecule has 1 aliphatic rings. The SMILES string of the molecule is CC(C)(C)C1=CC(O)CCCC1. The van der Waals surface area contributed by atoms with Crippen LogP contribution in [0.1, 0.15) is 46.5 Å². The molecule has 0 radical (unpaired) electrons. The van der Waals surface area contributed by atoms with Gasteiger partial charge in [0.05, 0.1) is 6.10 Å². The highest BCUT2D eigenvalue weighted by Crippen LogP contribution is 2.32. The van der Waals surface area contributed by atoms with Crippen molar-refractivity contribution in [2.45, 2.75) is 52.6 Å². The van der Waals surface area contributed by atoms with Crippen molar-refractivity contribution in [1.29, 1.82) is 0 Å². The summed E-state index contributed by atoms with van der Waals surface area (Å²) in [6.07, 6.45) is 6.38. The van der Waals surface area contributed by atoms with Crippen LogP contribution in [0.5, 0.6) is 0 Å². The van der Waals surface area contributed by atoms with E-state index in [0.717, 1.165) is 12.8 Å². The maximum absolute atomic E-state index is 9.55. The minimum Gasteiger partial charge on any atom is -0.389 e. The summed E-state index contributed by atoms with van der Waals surface area (Å²) in [4.78, 5) is 0. The summed E-state index contributed by atoms with van der Waals surface area (Å²) >= 11 is 0. The zero-order valence-corrected chi connectivity index (χ0v) is 8.43. The third kappa shape index (κ3) is 2.63. The van der Waals surface area contributed by atoms with Crippen LogP contribution in [0, 0.1) is 5.41 Å². The van der Waals surface area contributed by atoms with E-state index < -0.39 is 0 Å². The van der Waals surface area contributed by atoms with Crippen molar-refractivity contribution in [3.63, 3.8) is 0 Å². The first kappa shape index (κ1) is 9.79. The molecule has 0 aromatic rings. The normalized spacial score (nSPS) is 26.3. The lowest BCUT2D eigenvalue weighted by Gasteiger charge is -2.22. The average molecular weight is 168 g/mol. The van der Waals surface area contributed by atoms with Gasteiger partial charge in [0.1, 0.15) is 0 Å². The molecule has 0 fully saturated rings. The number of hydrogen-bond acceptors (Lipinski definition) is 1. The smallest absolute Gasteiger partial charge is 0.0723 e. The summed E-state index contributed by atoms with van der Waals surface area (Å²) in [5.41, 5.74) is 1.67. The van der Waals surface area contributed by atoms with Crippen LogP contribution < -0.4 is 0 Å². The molecular formula is C11H20O. The molecule has 1 N–H and O–H groups in total. The summed E-state index contributed by atoms with van der Waals surface area (Å²) < 4.78 is 0. The Morgan fingerprint density at radius 3 is 2.58 bits per heavy atom. The van der Waals surface area contributed by atoms with E-state index in [4.69, 9.17) is 0 Å². The van der Waals surface area contributed by atoms with Gasteiger partial charge < -0.3 is 5.11 Å². The monoisotopic (exact) mass is 168 g/mol. The topological polar surface area (TPSA) is 20.2 Å². The van der Waals surface area contributed by atoms with Gasteiger partial charge in [-0.2, -0.15) is 0 Å². The molecule has 0 saturated heterocycles. The van der Waals surface area contributed by atoms with Gasteiger partial charge in [-0.25, -0.2) is 0 Å². The Morgan fingerprint density at radius 1 is 1.33 bits per heavy atom. The van der Waals surface area contributed by atoms with Gasteiger partial charge in [-0.3, -0.25) is 0 Å². The fraction of sp³-hybridized carbons (Fsp3) is 0.818. The Hall–Kier alpha value is -0.300. The van der Waals surface area contributed by atoms with Gasteiger partial charge in [0.25, 0.3) is 0 Å². The number of aliphatic hydroxyl groups is 1. The molecule has 1 heteroatoms. The second-order valence-electron chi connectivity index (χ2n) is 4.76. The van der Waals surface area contributed by atoms with E-state index >= 15 is 0 Å². The van der Waals surface area contributed by atoms with E-state index in [1.54, 1.807) is 0 Å². The molecule has 0 saturated carbocycles. The molecule has 0 amide bonds. The van der Waals surface area contributed by atoms with Gasteiger partial charge in [-0.15, -0.1) is 0 Å². The van der Waals surface area contributed by atoms with Crippen LogP contribution in [0.3, 0.4) is 0 Å². The van der Waals surface area contributed by atoms with Crippen molar-refractivity contribution in [1.82, 2.24) is 0 Å². The first-order valence-electron chi connectivity index (χ1n) is 4.89. The third-order valence-electron chi connectivity index (χ3n) is 2.55. The highest BCUT2D eigenvalue weighted by atomic mass is 16.3. The molecule has 0 bridgehead atoms. The molecule has 0 heterocycles. The van der Waals surface area contributed by atoms with Gasteiger partial charge in [0.15, 0.2) is 0 Å². The molecule has 1 aliphatic carbocycles. The summed E-state index contributed by atoms with van der Waals surface area (Å²) in [7, 11) is 0. The van der Waals surface area contributed by atoms with Crippen molar-refractivity contribution >= 4 is 0 Å². The first-order valence-corrected chi connectivity index (χ1v) is 4.89. The highest BCUT2D eigenvalue weighted by Gasteiger charge is 2.19. The Morgan fingerprint density at radius 2 is 2.00 bits per heavy atom. The first-order chi connectivity index (χ1) is 5.50. The fourth-order valence-corrected chi connectivity index (χ4v) is 1.69. The van der Waals surface area contributed by atoms with Crippen molar-refractivity contribution in [2.24, 2.45) is 5.41 Å². The largest absolute Gasteiger partial charge is 0.389 e. The van der Waals surface area contributed by atoms with Crippen molar-refractivity contribution in [3.8, 4) is 0 Å². The molecule has 1 atom stereocenters. The Balaban J connectivity index is 2.73. The van der Waals surface area contributed by atoms with Crippen LogP contribution in [0.4, 0.5) is 0 Å². The summed E-state index contributed by atoms with van der Waals surface area (Å²) in [5, 5.41) is 9.55. The fourth-order valence-electron chi connectivity index (χ4n) is 1.69. The zero-order chi connectivity index (χ0) is 9.19. The van der Waals surface area contributed by atoms with Crippen molar-refractivity contribution in [2.75, 3.05) is 0 Å². The molecule has 0 aromatic carbocycles. The predicted molar refractivity (Wildman–Crippen MR) is 52.0 cm³/mol. The number of hydrogen-bond donors (Lipinski definition) is 1. The molecule has 0 spiro atoms. The maximum atomic E-state index is 9.55. The minimum absolute atomic E-state index is 0.193. The summed E-state index contributed by atoms with van der Waals surface area (Å²) in [5.74, 6) is 0. The van der Waals surface area contributed by atoms with E-state index in [9.17, 15) is 5.11 Å². The van der Waals surface area contributed by atoms with Crippen LogP contribution in [0.25, 0.3) is 0 Å². The zero-order valence-electron chi connectivity index (χ0n) is 8.43. The Kier molecular flexibility index (Phi) is 2.94. The molecule has 12 heavy (non-hydrogen) atoms. The summed E-state index contributed by atoms with van der Waals surface area (Å²) in [6, 6.07) is 0. The Labute approximate surface area is 75.5 Å². The molecule has 1 nitrogen and oxygen atoms in total. The van der Waals surface area contributed by atoms with Crippen molar-refractivity contribution < 1.29 is 5.11 Å². The van der Waals surface area contributed by atoms with Crippen LogP contribution in [-0.4, -0.2) is 11.2 Å². The van der Waals surface area contributed by atoms with Gasteiger partial charge in [0.2, 0.25) is 0 Å². The predicted octanol–water partition coefficient (Wildman–Crippen LogP) is 2.89. The second-order valence-corrected chi connectivity index (χ2v) is 4.76. The lowest BCUT2D eigenvalue weighted by atomic mass is 9.84. The number of rotatable bonds is 0. The number of allylic oxidation sites excluding steroid dienone is 1. The van der Waals surface area contributed by atoms with Gasteiger partial charge >= 0.3 is 0 Å². The van der Waals surface area contributed by atoms with E-state index in [0.29, 0.717) is 0 Å². The van der Waals surface area contributed by atoms with E-state index in [2.05, 4.69) is 26.8 Å². The van der Waals surface area contributed by atoms with Crippen LogP contribution in [0.2, 0.25) is 0 Å². The molecular weight excluding hydrogens is 148 g/mol. The van der Waals surface area contributed by atoms with Gasteiger partial charge in [0, 0.05) is 0 Å². The standard InChI is InChI=1S/C11H20O/c1-11(2,3)9-6-4-5-7-10(12)8-9/h8,10,12H,4-7H2,1-3H3. The van der Waals surface area contributed by atoms with E-state index in [1.807, 2.05) is 0 Å². The lowest BCUT2D eigenvalue weighted by molar-refractivity contribution is 0.210. The lowest BCUT2D eigenvalue weighted by Crippen LogP contribution is -2.11. The highest BCUT2D eigenvalue weighted by molar-refractivity contribution is 5.14. The molecule has 0 aromatic heterocycles. The van der Waals surface area contributed by atoms with Crippen LogP contribution in [0.15, 0.2) is 11.6 Å². The minimum atomic E-state index is -0.193.